The zero-order valence-electron chi connectivity index (χ0n) is 20.1. The van der Waals surface area contributed by atoms with Gasteiger partial charge < -0.3 is 15.5 Å². The SMILES string of the molecule is Cc1cccc(N(CC(=O)NC2CCCCC2)C(=O)C[S@@](=O)CC(=O)Nc2ccc(F)cc2)c1C. The summed E-state index contributed by atoms with van der Waals surface area (Å²) in [5, 5.41) is 5.57. The predicted molar refractivity (Wildman–Crippen MR) is 136 cm³/mol. The first-order valence-electron chi connectivity index (χ1n) is 11.8. The number of halogens is 1. The Balaban J connectivity index is 1.66. The molecule has 0 spiro atoms. The van der Waals surface area contributed by atoms with Crippen molar-refractivity contribution in [3.05, 3.63) is 59.4 Å². The molecule has 0 unspecified atom stereocenters. The van der Waals surface area contributed by atoms with Crippen LogP contribution in [0.5, 0.6) is 0 Å². The first kappa shape index (κ1) is 26.5. The molecule has 2 N–H and O–H groups in total. The Morgan fingerprint density at radius 1 is 0.971 bits per heavy atom. The molecule has 7 nitrogen and oxygen atoms in total. The minimum Gasteiger partial charge on any atom is -0.352 e. The van der Waals surface area contributed by atoms with E-state index in [4.69, 9.17) is 0 Å². The van der Waals surface area contributed by atoms with Crippen LogP contribution in [-0.2, 0) is 25.2 Å². The maximum Gasteiger partial charge on any atom is 0.240 e. The Bertz CT molecular complexity index is 1080. The lowest BCUT2D eigenvalue weighted by molar-refractivity contribution is -0.123. The number of hydrogen-bond donors (Lipinski definition) is 2. The highest BCUT2D eigenvalue weighted by Gasteiger charge is 2.25. The van der Waals surface area contributed by atoms with Gasteiger partial charge in [-0.1, -0.05) is 31.4 Å². The normalized spacial score (nSPS) is 14.7. The number of nitrogens with one attached hydrogen (secondary N) is 2. The van der Waals surface area contributed by atoms with Crippen molar-refractivity contribution >= 4 is 39.9 Å². The number of amides is 3. The van der Waals surface area contributed by atoms with Gasteiger partial charge in [0.05, 0.1) is 0 Å². The van der Waals surface area contributed by atoms with Gasteiger partial charge in [0.1, 0.15) is 23.9 Å². The Morgan fingerprint density at radius 3 is 2.34 bits per heavy atom. The molecule has 1 saturated carbocycles. The summed E-state index contributed by atoms with van der Waals surface area (Å²) in [6.45, 7) is 3.61. The summed E-state index contributed by atoms with van der Waals surface area (Å²) in [5.41, 5.74) is 2.77. The molecule has 1 fully saturated rings. The molecule has 35 heavy (non-hydrogen) atoms. The van der Waals surface area contributed by atoms with Crippen molar-refractivity contribution in [3.8, 4) is 0 Å². The molecule has 3 rings (SSSR count). The van der Waals surface area contributed by atoms with Crippen molar-refractivity contribution in [2.75, 3.05) is 28.3 Å². The average molecular weight is 502 g/mol. The molecule has 2 aromatic carbocycles. The molecule has 188 valence electrons. The molecule has 1 atom stereocenters. The Labute approximate surface area is 207 Å². The molecular formula is C26H32FN3O4S. The zero-order valence-corrected chi connectivity index (χ0v) is 21.0. The van der Waals surface area contributed by atoms with Crippen molar-refractivity contribution in [3.63, 3.8) is 0 Å². The van der Waals surface area contributed by atoms with Gasteiger partial charge in [-0.15, -0.1) is 0 Å². The van der Waals surface area contributed by atoms with Crippen LogP contribution in [0.15, 0.2) is 42.5 Å². The number of hydrogen-bond acceptors (Lipinski definition) is 4. The van der Waals surface area contributed by atoms with Gasteiger partial charge in [-0.25, -0.2) is 4.39 Å². The molecule has 0 bridgehead atoms. The van der Waals surface area contributed by atoms with E-state index in [2.05, 4.69) is 10.6 Å². The van der Waals surface area contributed by atoms with Crippen LogP contribution in [0.25, 0.3) is 0 Å². The molecule has 1 aliphatic carbocycles. The van der Waals surface area contributed by atoms with E-state index in [9.17, 15) is 23.0 Å². The van der Waals surface area contributed by atoms with Gasteiger partial charge in [0.2, 0.25) is 17.7 Å². The third kappa shape index (κ3) is 7.99. The second-order valence-electron chi connectivity index (χ2n) is 8.88. The monoisotopic (exact) mass is 501 g/mol. The van der Waals surface area contributed by atoms with E-state index in [1.165, 1.54) is 35.6 Å². The molecule has 0 radical (unpaired) electrons. The fourth-order valence-corrected chi connectivity index (χ4v) is 5.04. The number of nitrogens with zero attached hydrogens (tertiary/aromatic N) is 1. The number of carbonyl (C=O) groups is 3. The largest absolute Gasteiger partial charge is 0.352 e. The third-order valence-corrected chi connectivity index (χ3v) is 7.30. The Hall–Kier alpha value is -3.07. The van der Waals surface area contributed by atoms with Gasteiger partial charge >= 0.3 is 0 Å². The highest BCUT2D eigenvalue weighted by Crippen LogP contribution is 2.23. The van der Waals surface area contributed by atoms with E-state index in [-0.39, 0.29) is 18.5 Å². The summed E-state index contributed by atoms with van der Waals surface area (Å²) in [7, 11) is -1.79. The maximum absolute atomic E-state index is 13.2. The molecule has 3 amide bonds. The summed E-state index contributed by atoms with van der Waals surface area (Å²) in [6, 6.07) is 10.8. The van der Waals surface area contributed by atoms with Crippen LogP contribution >= 0.6 is 0 Å². The molecule has 0 aliphatic heterocycles. The first-order valence-corrected chi connectivity index (χ1v) is 13.3. The van der Waals surface area contributed by atoms with E-state index in [0.717, 1.165) is 36.8 Å². The topological polar surface area (TPSA) is 95.6 Å². The second-order valence-corrected chi connectivity index (χ2v) is 10.3. The average Bonchev–Trinajstić information content (AvgIpc) is 2.81. The van der Waals surface area contributed by atoms with Crippen LogP contribution in [0.1, 0.15) is 43.2 Å². The van der Waals surface area contributed by atoms with Gasteiger partial charge in [-0.05, 0) is 68.1 Å². The van der Waals surface area contributed by atoms with Gasteiger partial charge in [0, 0.05) is 28.2 Å². The second kappa shape index (κ2) is 12.6. The highest BCUT2D eigenvalue weighted by molar-refractivity contribution is 7.86. The van der Waals surface area contributed by atoms with Crippen molar-refractivity contribution in [2.24, 2.45) is 0 Å². The smallest absolute Gasteiger partial charge is 0.240 e. The molecule has 0 heterocycles. The van der Waals surface area contributed by atoms with Gasteiger partial charge in [0.15, 0.2) is 0 Å². The van der Waals surface area contributed by atoms with Crippen LogP contribution in [0.2, 0.25) is 0 Å². The summed E-state index contributed by atoms with van der Waals surface area (Å²) in [4.78, 5) is 39.6. The number of anilines is 2. The molecule has 2 aromatic rings. The Kier molecular flexibility index (Phi) is 9.54. The van der Waals surface area contributed by atoms with Crippen LogP contribution in [-0.4, -0.2) is 46.0 Å². The lowest BCUT2D eigenvalue weighted by Crippen LogP contribution is -2.46. The molecule has 1 aliphatic rings. The summed E-state index contributed by atoms with van der Waals surface area (Å²) in [5.74, 6) is -2.53. The number of aryl methyl sites for hydroxylation is 1. The quantitative estimate of drug-likeness (QED) is 0.549. The molecule has 9 heteroatoms. The van der Waals surface area contributed by atoms with Gasteiger partial charge in [-0.3, -0.25) is 18.6 Å². The van der Waals surface area contributed by atoms with Crippen molar-refractivity contribution in [1.29, 1.82) is 0 Å². The lowest BCUT2D eigenvalue weighted by atomic mass is 9.95. The summed E-state index contributed by atoms with van der Waals surface area (Å²) < 4.78 is 25.7. The van der Waals surface area contributed by atoms with Crippen LogP contribution in [0.3, 0.4) is 0 Å². The fourth-order valence-electron chi connectivity index (χ4n) is 4.14. The minimum absolute atomic E-state index is 0.107. The molecule has 0 saturated heterocycles. The summed E-state index contributed by atoms with van der Waals surface area (Å²) >= 11 is 0. The third-order valence-electron chi connectivity index (χ3n) is 6.14. The summed E-state index contributed by atoms with van der Waals surface area (Å²) in [6.07, 6.45) is 5.17. The van der Waals surface area contributed by atoms with Crippen molar-refractivity contribution in [2.45, 2.75) is 52.0 Å². The van der Waals surface area contributed by atoms with E-state index < -0.39 is 39.9 Å². The molecule has 0 aromatic heterocycles. The van der Waals surface area contributed by atoms with Crippen LogP contribution in [0.4, 0.5) is 15.8 Å². The number of benzene rings is 2. The highest BCUT2D eigenvalue weighted by atomic mass is 32.2. The number of rotatable bonds is 9. The molecular weight excluding hydrogens is 469 g/mol. The van der Waals surface area contributed by atoms with E-state index in [0.29, 0.717) is 11.4 Å². The van der Waals surface area contributed by atoms with Crippen molar-refractivity contribution < 1.29 is 23.0 Å². The Morgan fingerprint density at radius 2 is 1.66 bits per heavy atom. The van der Waals surface area contributed by atoms with E-state index in [1.54, 1.807) is 6.07 Å². The van der Waals surface area contributed by atoms with Crippen molar-refractivity contribution in [1.82, 2.24) is 5.32 Å². The van der Waals surface area contributed by atoms with Gasteiger partial charge in [-0.2, -0.15) is 0 Å². The van der Waals surface area contributed by atoms with Crippen LogP contribution < -0.4 is 15.5 Å². The predicted octanol–water partition coefficient (Wildman–Crippen LogP) is 3.61. The maximum atomic E-state index is 13.2. The number of carbonyl (C=O) groups excluding carboxylic acids is 3. The van der Waals surface area contributed by atoms with E-state index in [1.807, 2.05) is 26.0 Å². The van der Waals surface area contributed by atoms with E-state index >= 15 is 0 Å². The van der Waals surface area contributed by atoms with Crippen LogP contribution in [0, 0.1) is 19.7 Å². The zero-order chi connectivity index (χ0) is 25.4. The minimum atomic E-state index is -1.79. The van der Waals surface area contributed by atoms with Gasteiger partial charge in [0.25, 0.3) is 0 Å². The standard InChI is InChI=1S/C26H32FN3O4S/c1-18-7-6-10-23(19(18)2)30(15-24(31)28-21-8-4-3-5-9-21)26(33)17-35(34)16-25(32)29-22-13-11-20(27)12-14-22/h6-7,10-14,21H,3-5,8-9,15-17H2,1-2H3,(H,28,31)(H,29,32)/t35-/m0/s1. The first-order chi connectivity index (χ1) is 16.7. The fraction of sp³-hybridized carbons (Fsp3) is 0.423. The lowest BCUT2D eigenvalue weighted by Gasteiger charge is -2.27.